The molecule has 4 aromatic heterocycles. The van der Waals surface area contributed by atoms with Gasteiger partial charge < -0.3 is 5.32 Å². The number of rotatable bonds is 6. The number of alkyl halides is 6. The molecule has 0 saturated heterocycles. The van der Waals surface area contributed by atoms with Crippen molar-refractivity contribution in [2.24, 2.45) is 0 Å². The fraction of sp³-hybridized carbons (Fsp3) is 0.300. The molecular formula is C20H16F6N6OS. The van der Waals surface area contributed by atoms with E-state index < -0.39 is 29.6 Å². The van der Waals surface area contributed by atoms with Gasteiger partial charge in [-0.3, -0.25) is 9.48 Å². The van der Waals surface area contributed by atoms with Crippen LogP contribution in [0, 0.1) is 6.92 Å². The molecule has 4 aromatic rings. The predicted octanol–water partition coefficient (Wildman–Crippen LogP) is 4.82. The van der Waals surface area contributed by atoms with Crippen molar-refractivity contribution in [2.45, 2.75) is 32.2 Å². The van der Waals surface area contributed by atoms with Gasteiger partial charge in [0, 0.05) is 24.8 Å². The van der Waals surface area contributed by atoms with Gasteiger partial charge in [0.25, 0.3) is 5.91 Å². The number of hydrogen-bond donors (Lipinski definition) is 1. The zero-order valence-electron chi connectivity index (χ0n) is 17.4. The van der Waals surface area contributed by atoms with E-state index in [1.807, 2.05) is 0 Å². The highest BCUT2D eigenvalue weighted by molar-refractivity contribution is 7.13. The first-order chi connectivity index (χ1) is 15.9. The third-order valence-corrected chi connectivity index (χ3v) is 5.72. The smallest absolute Gasteiger partial charge is 0.351 e. The standard InChI is InChI=1S/C20H16F6N6OS/c1-11-8-15(19(21,22)23)30-31(11)6-3-5-27-18(33)13-10-17-28-12(14-4-2-7-34-14)9-16(20(24,25)26)32(17)29-13/h2,4,7-10H,3,5-6H2,1H3,(H,27,33). The first kappa shape index (κ1) is 23.7. The zero-order chi connectivity index (χ0) is 24.7. The lowest BCUT2D eigenvalue weighted by atomic mass is 10.2. The molecule has 0 aliphatic carbocycles. The second-order valence-electron chi connectivity index (χ2n) is 7.30. The summed E-state index contributed by atoms with van der Waals surface area (Å²) in [6.45, 7) is 1.64. The Morgan fingerprint density at radius 2 is 1.85 bits per heavy atom. The van der Waals surface area contributed by atoms with E-state index in [0.29, 0.717) is 15.1 Å². The van der Waals surface area contributed by atoms with Gasteiger partial charge >= 0.3 is 12.4 Å². The number of fused-ring (bicyclic) bond motifs is 1. The molecule has 0 spiro atoms. The second-order valence-corrected chi connectivity index (χ2v) is 8.25. The number of hydrogen-bond acceptors (Lipinski definition) is 5. The van der Waals surface area contributed by atoms with Gasteiger partial charge in [-0.05, 0) is 36.9 Å². The maximum Gasteiger partial charge on any atom is 0.435 e. The summed E-state index contributed by atoms with van der Waals surface area (Å²) in [6.07, 6.45) is -9.04. The molecule has 0 aliphatic rings. The van der Waals surface area contributed by atoms with E-state index in [1.165, 1.54) is 22.9 Å². The molecule has 1 N–H and O–H groups in total. The average molecular weight is 502 g/mol. The molecule has 34 heavy (non-hydrogen) atoms. The van der Waals surface area contributed by atoms with Crippen LogP contribution < -0.4 is 5.32 Å². The molecule has 1 amide bonds. The second kappa shape index (κ2) is 8.74. The molecule has 0 aromatic carbocycles. The minimum Gasteiger partial charge on any atom is -0.351 e. The Kier molecular flexibility index (Phi) is 6.10. The Morgan fingerprint density at radius 3 is 2.47 bits per heavy atom. The number of aromatic nitrogens is 5. The van der Waals surface area contributed by atoms with Crippen LogP contribution in [0.5, 0.6) is 0 Å². The molecule has 0 bridgehead atoms. The summed E-state index contributed by atoms with van der Waals surface area (Å²) >= 11 is 1.22. The van der Waals surface area contributed by atoms with E-state index in [1.54, 1.807) is 17.5 Å². The number of nitrogens with zero attached hydrogens (tertiary/aromatic N) is 5. The maximum atomic E-state index is 13.6. The van der Waals surface area contributed by atoms with Gasteiger partial charge in [-0.1, -0.05) is 6.07 Å². The van der Waals surface area contributed by atoms with Crippen molar-refractivity contribution in [3.63, 3.8) is 0 Å². The van der Waals surface area contributed by atoms with Gasteiger partial charge in [-0.15, -0.1) is 11.3 Å². The highest BCUT2D eigenvalue weighted by Crippen LogP contribution is 2.33. The Labute approximate surface area is 192 Å². The first-order valence-corrected chi connectivity index (χ1v) is 10.7. The van der Waals surface area contributed by atoms with Gasteiger partial charge in [0.15, 0.2) is 22.7 Å². The molecule has 4 rings (SSSR count). The maximum absolute atomic E-state index is 13.6. The summed E-state index contributed by atoms with van der Waals surface area (Å²) in [6, 6.07) is 6.25. The molecular weight excluding hydrogens is 486 g/mol. The third kappa shape index (κ3) is 4.90. The van der Waals surface area contributed by atoms with Gasteiger partial charge in [0.1, 0.15) is 0 Å². The monoisotopic (exact) mass is 502 g/mol. The quantitative estimate of drug-likeness (QED) is 0.303. The SMILES string of the molecule is Cc1cc(C(F)(F)F)nn1CCCNC(=O)c1cc2nc(-c3cccs3)cc(C(F)(F)F)n2n1. The van der Waals surface area contributed by atoms with Crippen molar-refractivity contribution in [3.8, 4) is 10.6 Å². The first-order valence-electron chi connectivity index (χ1n) is 9.85. The Morgan fingerprint density at radius 1 is 1.09 bits per heavy atom. The summed E-state index contributed by atoms with van der Waals surface area (Å²) < 4.78 is 80.8. The van der Waals surface area contributed by atoms with E-state index in [0.717, 1.165) is 18.2 Å². The lowest BCUT2D eigenvalue weighted by molar-refractivity contribution is -0.143. The molecule has 0 fully saturated rings. The normalized spacial score (nSPS) is 12.4. The van der Waals surface area contributed by atoms with Crippen molar-refractivity contribution in [1.29, 1.82) is 0 Å². The fourth-order valence-electron chi connectivity index (χ4n) is 3.23. The summed E-state index contributed by atoms with van der Waals surface area (Å²) in [5.41, 5.74) is -2.07. The molecule has 180 valence electrons. The predicted molar refractivity (Wildman–Crippen MR) is 110 cm³/mol. The van der Waals surface area contributed by atoms with E-state index in [9.17, 15) is 31.1 Å². The van der Waals surface area contributed by atoms with Gasteiger partial charge in [0.05, 0.1) is 10.6 Å². The van der Waals surface area contributed by atoms with Crippen molar-refractivity contribution in [3.05, 3.63) is 58.5 Å². The summed E-state index contributed by atoms with van der Waals surface area (Å²) in [5.74, 6) is -0.732. The minimum absolute atomic E-state index is 0.0490. The van der Waals surface area contributed by atoms with Gasteiger partial charge in [-0.25, -0.2) is 9.50 Å². The molecule has 4 heterocycles. The van der Waals surface area contributed by atoms with E-state index in [-0.39, 0.29) is 36.5 Å². The molecule has 0 radical (unpaired) electrons. The molecule has 14 heteroatoms. The Hall–Kier alpha value is -3.42. The molecule has 0 unspecified atom stereocenters. The zero-order valence-corrected chi connectivity index (χ0v) is 18.2. The van der Waals surface area contributed by atoms with Crippen LogP contribution in [0.4, 0.5) is 26.3 Å². The van der Waals surface area contributed by atoms with E-state index in [4.69, 9.17) is 0 Å². The average Bonchev–Trinajstić information content (AvgIpc) is 3.48. The molecule has 7 nitrogen and oxygen atoms in total. The summed E-state index contributed by atoms with van der Waals surface area (Å²) in [4.78, 5) is 17.2. The number of aryl methyl sites for hydroxylation is 2. The number of carbonyl (C=O) groups is 1. The van der Waals surface area contributed by atoms with Crippen LogP contribution in [0.15, 0.2) is 35.7 Å². The van der Waals surface area contributed by atoms with Crippen LogP contribution in [-0.4, -0.2) is 36.8 Å². The van der Waals surface area contributed by atoms with Crippen LogP contribution in [0.1, 0.15) is 34.0 Å². The topological polar surface area (TPSA) is 77.1 Å². The number of carbonyl (C=O) groups excluding carboxylic acids is 1. The van der Waals surface area contributed by atoms with Gasteiger partial charge in [0.2, 0.25) is 0 Å². The van der Waals surface area contributed by atoms with Gasteiger partial charge in [-0.2, -0.15) is 36.5 Å². The number of thiophene rings is 1. The number of nitrogens with one attached hydrogen (secondary N) is 1. The fourth-order valence-corrected chi connectivity index (χ4v) is 3.92. The van der Waals surface area contributed by atoms with Crippen molar-refractivity contribution in [2.75, 3.05) is 6.54 Å². The van der Waals surface area contributed by atoms with Crippen molar-refractivity contribution in [1.82, 2.24) is 29.7 Å². The van der Waals surface area contributed by atoms with E-state index >= 15 is 0 Å². The minimum atomic E-state index is -4.73. The highest BCUT2D eigenvalue weighted by atomic mass is 32.1. The summed E-state index contributed by atoms with van der Waals surface area (Å²) in [5, 5.41) is 11.5. The van der Waals surface area contributed by atoms with Crippen molar-refractivity contribution >= 4 is 22.9 Å². The lowest BCUT2D eigenvalue weighted by Crippen LogP contribution is -2.26. The third-order valence-electron chi connectivity index (χ3n) is 4.83. The van der Waals surface area contributed by atoms with Crippen molar-refractivity contribution < 1.29 is 31.1 Å². The largest absolute Gasteiger partial charge is 0.435 e. The van der Waals surface area contributed by atoms with Crippen LogP contribution >= 0.6 is 11.3 Å². The van der Waals surface area contributed by atoms with E-state index in [2.05, 4.69) is 20.5 Å². The van der Waals surface area contributed by atoms with Crippen LogP contribution in [0.3, 0.4) is 0 Å². The molecule has 0 saturated carbocycles. The van der Waals surface area contributed by atoms with Crippen LogP contribution in [0.2, 0.25) is 0 Å². The molecule has 0 atom stereocenters. The highest BCUT2D eigenvalue weighted by Gasteiger charge is 2.36. The number of halogens is 6. The number of amides is 1. The molecule has 0 aliphatic heterocycles. The van der Waals surface area contributed by atoms with Crippen LogP contribution in [-0.2, 0) is 18.9 Å². The van der Waals surface area contributed by atoms with Crippen LogP contribution in [0.25, 0.3) is 16.2 Å². The summed E-state index contributed by atoms with van der Waals surface area (Å²) in [7, 11) is 0. The lowest BCUT2D eigenvalue weighted by Gasteiger charge is -2.10. The Bertz CT molecular complexity index is 1320. The Balaban J connectivity index is 1.47.